The van der Waals surface area contributed by atoms with E-state index in [1.165, 1.54) is 24.0 Å². The highest BCUT2D eigenvalue weighted by Crippen LogP contribution is 2.61. The molecule has 2 aliphatic rings. The molecular formula is C23H29BrO4. The summed E-state index contributed by atoms with van der Waals surface area (Å²) >= 11 is 3.71. The smallest absolute Gasteiger partial charge is 0.132 e. The number of fused-ring (bicyclic) bond motifs is 6. The van der Waals surface area contributed by atoms with Crippen LogP contribution in [0.2, 0.25) is 0 Å². The number of halogens is 1. The zero-order valence-electron chi connectivity index (χ0n) is 16.6. The van der Waals surface area contributed by atoms with E-state index < -0.39 is 12.2 Å². The highest BCUT2D eigenvalue weighted by atomic mass is 79.9. The molecule has 0 aromatic heterocycles. The summed E-state index contributed by atoms with van der Waals surface area (Å²) in [4.78, 5) is 0. The highest BCUT2D eigenvalue weighted by Gasteiger charge is 2.43. The Labute approximate surface area is 175 Å². The van der Waals surface area contributed by atoms with Crippen LogP contribution in [0.3, 0.4) is 0 Å². The van der Waals surface area contributed by atoms with E-state index in [2.05, 4.69) is 22.0 Å². The van der Waals surface area contributed by atoms with Crippen molar-refractivity contribution in [3.8, 4) is 11.5 Å². The van der Waals surface area contributed by atoms with Gasteiger partial charge in [0.1, 0.15) is 24.7 Å². The molecule has 0 radical (unpaired) electrons. The Balaban J connectivity index is 1.88. The van der Waals surface area contributed by atoms with Gasteiger partial charge in [-0.3, -0.25) is 0 Å². The minimum Gasteiger partial charge on any atom is -0.490 e. The molecule has 152 valence electrons. The number of ether oxygens (including phenoxy) is 2. The summed E-state index contributed by atoms with van der Waals surface area (Å²) in [7, 11) is 0. The van der Waals surface area contributed by atoms with Crippen LogP contribution < -0.4 is 9.47 Å². The zero-order chi connectivity index (χ0) is 19.8. The molecular weight excluding hydrogens is 420 g/mol. The van der Waals surface area contributed by atoms with Crippen LogP contribution in [0.15, 0.2) is 22.7 Å². The first-order valence-corrected chi connectivity index (χ1v) is 11.2. The van der Waals surface area contributed by atoms with Crippen LogP contribution in [0.4, 0.5) is 0 Å². The number of benzene rings is 2. The number of aliphatic hydroxyl groups is 2. The minimum absolute atomic E-state index is 0.297. The van der Waals surface area contributed by atoms with Crippen molar-refractivity contribution in [2.75, 3.05) is 13.2 Å². The second-order valence-corrected chi connectivity index (χ2v) is 8.96. The number of hydrogen-bond acceptors (Lipinski definition) is 4. The van der Waals surface area contributed by atoms with Crippen LogP contribution >= 0.6 is 15.9 Å². The highest BCUT2D eigenvalue weighted by molar-refractivity contribution is 9.10. The fourth-order valence-corrected chi connectivity index (χ4v) is 5.23. The van der Waals surface area contributed by atoms with Gasteiger partial charge < -0.3 is 19.7 Å². The van der Waals surface area contributed by atoms with E-state index in [4.69, 9.17) is 9.47 Å². The molecule has 4 nitrogen and oxygen atoms in total. The predicted molar refractivity (Wildman–Crippen MR) is 115 cm³/mol. The van der Waals surface area contributed by atoms with Crippen LogP contribution in [-0.2, 0) is 0 Å². The van der Waals surface area contributed by atoms with Gasteiger partial charge in [-0.2, -0.15) is 0 Å². The average molecular weight is 449 g/mol. The molecule has 2 N–H and O–H groups in total. The lowest BCUT2D eigenvalue weighted by Crippen LogP contribution is -2.19. The quantitative estimate of drug-likeness (QED) is 0.577. The van der Waals surface area contributed by atoms with Crippen LogP contribution in [0.5, 0.6) is 11.5 Å². The van der Waals surface area contributed by atoms with Crippen molar-refractivity contribution in [3.63, 3.8) is 0 Å². The average Bonchev–Trinajstić information content (AvgIpc) is 3.32. The van der Waals surface area contributed by atoms with Crippen molar-refractivity contribution in [1.82, 2.24) is 0 Å². The van der Waals surface area contributed by atoms with Crippen molar-refractivity contribution in [2.24, 2.45) is 0 Å². The Morgan fingerprint density at radius 1 is 0.964 bits per heavy atom. The second-order valence-electron chi connectivity index (χ2n) is 8.10. The molecule has 2 bridgehead atoms. The fraction of sp³-hybridized carbons (Fsp3) is 0.565. The van der Waals surface area contributed by atoms with Crippen molar-refractivity contribution >= 4 is 26.7 Å². The monoisotopic (exact) mass is 448 g/mol. The van der Waals surface area contributed by atoms with Gasteiger partial charge in [0.2, 0.25) is 0 Å². The molecule has 5 heteroatoms. The lowest BCUT2D eigenvalue weighted by atomic mass is 9.87. The van der Waals surface area contributed by atoms with Crippen LogP contribution in [0, 0.1) is 0 Å². The molecule has 4 atom stereocenters. The summed E-state index contributed by atoms with van der Waals surface area (Å²) in [5, 5.41) is 22.2. The third-order valence-electron chi connectivity index (χ3n) is 6.30. The first kappa shape index (κ1) is 20.0. The fourth-order valence-electron chi connectivity index (χ4n) is 4.69. The van der Waals surface area contributed by atoms with E-state index in [0.717, 1.165) is 33.2 Å². The molecule has 2 aliphatic carbocycles. The maximum absolute atomic E-state index is 10.1. The molecule has 0 heterocycles. The summed E-state index contributed by atoms with van der Waals surface area (Å²) in [6.07, 6.45) is 3.91. The van der Waals surface area contributed by atoms with Gasteiger partial charge in [-0.1, -0.05) is 41.9 Å². The van der Waals surface area contributed by atoms with E-state index in [0.29, 0.717) is 37.9 Å². The summed E-state index contributed by atoms with van der Waals surface area (Å²) in [5.41, 5.74) is 2.53. The van der Waals surface area contributed by atoms with Crippen molar-refractivity contribution in [3.05, 3.63) is 33.8 Å². The lowest BCUT2D eigenvalue weighted by Gasteiger charge is -2.26. The SMILES string of the molecule is CCC(O)COc1c2c(c(OCC(O)CC)c3c(Br)cccc13)C1CCC2C1. The summed E-state index contributed by atoms with van der Waals surface area (Å²) in [5.74, 6) is 2.80. The maximum Gasteiger partial charge on any atom is 0.132 e. The van der Waals surface area contributed by atoms with Gasteiger partial charge in [-0.25, -0.2) is 0 Å². The van der Waals surface area contributed by atoms with E-state index in [1.54, 1.807) is 0 Å². The first-order chi connectivity index (χ1) is 13.5. The molecule has 1 saturated carbocycles. The second kappa shape index (κ2) is 8.21. The van der Waals surface area contributed by atoms with Crippen molar-refractivity contribution < 1.29 is 19.7 Å². The summed E-state index contributed by atoms with van der Waals surface area (Å²) < 4.78 is 13.5. The molecule has 0 aliphatic heterocycles. The first-order valence-electron chi connectivity index (χ1n) is 10.4. The Bertz CT molecular complexity index is 866. The van der Waals surface area contributed by atoms with E-state index in [-0.39, 0.29) is 0 Å². The van der Waals surface area contributed by atoms with E-state index >= 15 is 0 Å². The minimum atomic E-state index is -0.470. The normalized spacial score (nSPS) is 22.3. The number of hydrogen-bond donors (Lipinski definition) is 2. The Kier molecular flexibility index (Phi) is 5.86. The third kappa shape index (κ3) is 3.42. The predicted octanol–water partition coefficient (Wildman–Crippen LogP) is 5.27. The molecule has 28 heavy (non-hydrogen) atoms. The molecule has 4 unspecified atom stereocenters. The lowest BCUT2D eigenvalue weighted by molar-refractivity contribution is 0.102. The van der Waals surface area contributed by atoms with Gasteiger partial charge in [-0.05, 0) is 50.0 Å². The number of aliphatic hydroxyl groups excluding tert-OH is 2. The van der Waals surface area contributed by atoms with E-state index in [9.17, 15) is 10.2 Å². The molecule has 2 aromatic rings. The molecule has 4 rings (SSSR count). The van der Waals surface area contributed by atoms with Crippen LogP contribution in [0.25, 0.3) is 10.8 Å². The largest absolute Gasteiger partial charge is 0.490 e. The van der Waals surface area contributed by atoms with Gasteiger partial charge in [0, 0.05) is 26.4 Å². The molecule has 0 spiro atoms. The zero-order valence-corrected chi connectivity index (χ0v) is 18.2. The topological polar surface area (TPSA) is 58.9 Å². The summed E-state index contributed by atoms with van der Waals surface area (Å²) in [6.45, 7) is 4.53. The summed E-state index contributed by atoms with van der Waals surface area (Å²) in [6, 6.07) is 6.11. The Hall–Kier alpha value is -1.30. The Morgan fingerprint density at radius 2 is 1.54 bits per heavy atom. The van der Waals surface area contributed by atoms with Crippen LogP contribution in [-0.4, -0.2) is 35.6 Å². The van der Waals surface area contributed by atoms with Gasteiger partial charge in [0.25, 0.3) is 0 Å². The molecule has 1 fully saturated rings. The van der Waals surface area contributed by atoms with Gasteiger partial charge in [0.15, 0.2) is 0 Å². The van der Waals surface area contributed by atoms with E-state index in [1.807, 2.05) is 26.0 Å². The third-order valence-corrected chi connectivity index (χ3v) is 6.96. The van der Waals surface area contributed by atoms with Gasteiger partial charge in [0.05, 0.1) is 12.2 Å². The van der Waals surface area contributed by atoms with Crippen molar-refractivity contribution in [1.29, 1.82) is 0 Å². The maximum atomic E-state index is 10.1. The molecule has 0 saturated heterocycles. The van der Waals surface area contributed by atoms with Crippen molar-refractivity contribution in [2.45, 2.75) is 70.0 Å². The number of rotatable bonds is 8. The van der Waals surface area contributed by atoms with Gasteiger partial charge >= 0.3 is 0 Å². The van der Waals surface area contributed by atoms with Gasteiger partial charge in [-0.15, -0.1) is 0 Å². The molecule has 2 aromatic carbocycles. The molecule has 0 amide bonds. The Morgan fingerprint density at radius 3 is 2.14 bits per heavy atom. The van der Waals surface area contributed by atoms with Crippen LogP contribution in [0.1, 0.15) is 68.9 Å². The standard InChI is InChI=1S/C23H29BrO4/c1-3-15(25)11-27-22-17-6-5-7-18(24)21(17)23(28-12-16(26)4-2)20-14-9-8-13(10-14)19(20)22/h5-7,13-16,25-26H,3-4,8-12H2,1-2H3.